The van der Waals surface area contributed by atoms with Crippen LogP contribution in [0, 0.1) is 5.92 Å². The van der Waals surface area contributed by atoms with Gasteiger partial charge in [-0.15, -0.1) is 0 Å². The Labute approximate surface area is 161 Å². The molecule has 0 aliphatic heterocycles. The average molecular weight is 351 g/mol. The molecule has 0 rings (SSSR count). The first kappa shape index (κ1) is 24.7. The van der Waals surface area contributed by atoms with Gasteiger partial charge in [-0.3, -0.25) is 0 Å². The van der Waals surface area contributed by atoms with Crippen molar-refractivity contribution in [2.45, 2.75) is 143 Å². The second-order valence-corrected chi connectivity index (χ2v) is 8.28. The maximum Gasteiger partial charge on any atom is -0.0206 e. The van der Waals surface area contributed by atoms with Gasteiger partial charge in [-0.05, 0) is 31.6 Å². The van der Waals surface area contributed by atoms with E-state index in [1.54, 1.807) is 5.57 Å². The third kappa shape index (κ3) is 16.9. The molecular formula is C25H50. The summed E-state index contributed by atoms with van der Waals surface area (Å²) in [6.07, 6.45) is 26.7. The van der Waals surface area contributed by atoms with Crippen molar-refractivity contribution in [2.75, 3.05) is 0 Å². The summed E-state index contributed by atoms with van der Waals surface area (Å²) in [6.45, 7) is 11.4. The van der Waals surface area contributed by atoms with Crippen molar-refractivity contribution in [1.29, 1.82) is 0 Å². The van der Waals surface area contributed by atoms with Crippen LogP contribution in [-0.2, 0) is 0 Å². The van der Waals surface area contributed by atoms with Crippen LogP contribution in [0.25, 0.3) is 0 Å². The van der Waals surface area contributed by atoms with E-state index in [2.05, 4.69) is 27.4 Å². The third-order valence-electron chi connectivity index (χ3n) is 5.74. The van der Waals surface area contributed by atoms with Gasteiger partial charge in [0, 0.05) is 0 Å². The second kappa shape index (κ2) is 20.1. The van der Waals surface area contributed by atoms with Gasteiger partial charge in [0.15, 0.2) is 0 Å². The first-order valence-corrected chi connectivity index (χ1v) is 11.9. The van der Waals surface area contributed by atoms with Crippen molar-refractivity contribution in [3.63, 3.8) is 0 Å². The summed E-state index contributed by atoms with van der Waals surface area (Å²) >= 11 is 0. The lowest BCUT2D eigenvalue weighted by Gasteiger charge is -2.20. The summed E-state index contributed by atoms with van der Waals surface area (Å²) in [6, 6.07) is 0. The van der Waals surface area contributed by atoms with Crippen LogP contribution < -0.4 is 0 Å². The molecule has 0 aliphatic carbocycles. The fourth-order valence-corrected chi connectivity index (χ4v) is 3.88. The van der Waals surface area contributed by atoms with Gasteiger partial charge in [0.2, 0.25) is 0 Å². The van der Waals surface area contributed by atoms with E-state index in [9.17, 15) is 0 Å². The number of rotatable bonds is 20. The van der Waals surface area contributed by atoms with E-state index in [-0.39, 0.29) is 0 Å². The molecule has 0 saturated carbocycles. The highest BCUT2D eigenvalue weighted by atomic mass is 14.2. The van der Waals surface area contributed by atoms with Crippen molar-refractivity contribution < 1.29 is 0 Å². The quantitative estimate of drug-likeness (QED) is 0.151. The standard InChI is InChI=1S/C25H50/c1-5-8-11-14-16-19-22-25(23-20-17-15-12-9-6-2)24(4)21-18-13-10-7-3/h25H,4-23H2,1-3H3. The highest BCUT2D eigenvalue weighted by Crippen LogP contribution is 2.28. The van der Waals surface area contributed by atoms with Crippen molar-refractivity contribution in [3.05, 3.63) is 12.2 Å². The van der Waals surface area contributed by atoms with Crippen LogP contribution in [0.1, 0.15) is 143 Å². The molecule has 0 amide bonds. The molecule has 25 heavy (non-hydrogen) atoms. The van der Waals surface area contributed by atoms with Crippen LogP contribution in [0.15, 0.2) is 12.2 Å². The van der Waals surface area contributed by atoms with Crippen LogP contribution >= 0.6 is 0 Å². The van der Waals surface area contributed by atoms with Crippen molar-refractivity contribution in [3.8, 4) is 0 Å². The molecule has 0 bridgehead atoms. The number of hydrogen-bond acceptors (Lipinski definition) is 0. The smallest absolute Gasteiger partial charge is 0.0206 e. The first-order valence-electron chi connectivity index (χ1n) is 11.9. The Morgan fingerprint density at radius 1 is 0.520 bits per heavy atom. The maximum absolute atomic E-state index is 4.51. The molecule has 0 radical (unpaired) electrons. The molecule has 0 saturated heterocycles. The van der Waals surface area contributed by atoms with E-state index in [1.807, 2.05) is 0 Å². The lowest BCUT2D eigenvalue weighted by molar-refractivity contribution is 0.437. The first-order chi connectivity index (χ1) is 12.3. The molecule has 0 nitrogen and oxygen atoms in total. The molecule has 0 unspecified atom stereocenters. The van der Waals surface area contributed by atoms with Crippen LogP contribution in [-0.4, -0.2) is 0 Å². The summed E-state index contributed by atoms with van der Waals surface area (Å²) in [7, 11) is 0. The van der Waals surface area contributed by atoms with Gasteiger partial charge in [-0.25, -0.2) is 0 Å². The molecule has 0 heteroatoms. The highest BCUT2D eigenvalue weighted by molar-refractivity contribution is 5.00. The Kier molecular flexibility index (Phi) is 19.8. The minimum absolute atomic E-state index is 0.818. The molecule has 0 atom stereocenters. The van der Waals surface area contributed by atoms with E-state index in [0.717, 1.165) is 5.92 Å². The molecule has 0 spiro atoms. The van der Waals surface area contributed by atoms with Gasteiger partial charge in [-0.1, -0.05) is 129 Å². The summed E-state index contributed by atoms with van der Waals surface area (Å²) in [5, 5.41) is 0. The minimum atomic E-state index is 0.818. The second-order valence-electron chi connectivity index (χ2n) is 8.28. The number of unbranched alkanes of at least 4 members (excludes halogenated alkanes) is 13. The molecular weight excluding hydrogens is 300 g/mol. The highest BCUT2D eigenvalue weighted by Gasteiger charge is 2.12. The van der Waals surface area contributed by atoms with Gasteiger partial charge in [-0.2, -0.15) is 0 Å². The van der Waals surface area contributed by atoms with E-state index >= 15 is 0 Å². The molecule has 0 heterocycles. The number of hydrogen-bond donors (Lipinski definition) is 0. The zero-order valence-electron chi connectivity index (χ0n) is 18.2. The Balaban J connectivity index is 4.00. The molecule has 0 aromatic rings. The van der Waals surface area contributed by atoms with Crippen LogP contribution in [0.4, 0.5) is 0 Å². The van der Waals surface area contributed by atoms with Crippen LogP contribution in [0.3, 0.4) is 0 Å². The maximum atomic E-state index is 4.51. The molecule has 150 valence electrons. The van der Waals surface area contributed by atoms with Gasteiger partial charge < -0.3 is 0 Å². The molecule has 0 aromatic heterocycles. The van der Waals surface area contributed by atoms with Gasteiger partial charge in [0.25, 0.3) is 0 Å². The Morgan fingerprint density at radius 3 is 1.32 bits per heavy atom. The SMILES string of the molecule is C=C(CCCCCC)C(CCCCCCCC)CCCCCCCC. The van der Waals surface area contributed by atoms with Crippen LogP contribution in [0.5, 0.6) is 0 Å². The summed E-state index contributed by atoms with van der Waals surface area (Å²) in [4.78, 5) is 0. The van der Waals surface area contributed by atoms with Crippen molar-refractivity contribution in [1.82, 2.24) is 0 Å². The van der Waals surface area contributed by atoms with Crippen molar-refractivity contribution >= 4 is 0 Å². The fraction of sp³-hybridized carbons (Fsp3) is 0.920. The van der Waals surface area contributed by atoms with Gasteiger partial charge in [0.1, 0.15) is 0 Å². The van der Waals surface area contributed by atoms with E-state index in [0.29, 0.717) is 0 Å². The van der Waals surface area contributed by atoms with Crippen LogP contribution in [0.2, 0.25) is 0 Å². The minimum Gasteiger partial charge on any atom is -0.0996 e. The summed E-state index contributed by atoms with van der Waals surface area (Å²) in [5.74, 6) is 0.818. The molecule has 0 N–H and O–H groups in total. The normalized spacial score (nSPS) is 11.4. The van der Waals surface area contributed by atoms with E-state index in [4.69, 9.17) is 0 Å². The largest absolute Gasteiger partial charge is 0.0996 e. The van der Waals surface area contributed by atoms with Crippen molar-refractivity contribution in [2.24, 2.45) is 5.92 Å². The Hall–Kier alpha value is -0.260. The van der Waals surface area contributed by atoms with E-state index in [1.165, 1.54) is 122 Å². The Morgan fingerprint density at radius 2 is 0.880 bits per heavy atom. The van der Waals surface area contributed by atoms with Gasteiger partial charge in [0.05, 0.1) is 0 Å². The molecule has 0 aromatic carbocycles. The zero-order valence-corrected chi connectivity index (χ0v) is 18.2. The predicted octanol–water partition coefficient (Wildman–Crippen LogP) is 9.63. The zero-order chi connectivity index (χ0) is 18.6. The Bertz CT molecular complexity index is 249. The third-order valence-corrected chi connectivity index (χ3v) is 5.74. The summed E-state index contributed by atoms with van der Waals surface area (Å²) in [5.41, 5.74) is 1.58. The lowest BCUT2D eigenvalue weighted by Crippen LogP contribution is -2.05. The van der Waals surface area contributed by atoms with Gasteiger partial charge >= 0.3 is 0 Å². The molecule has 0 fully saturated rings. The van der Waals surface area contributed by atoms with E-state index < -0.39 is 0 Å². The summed E-state index contributed by atoms with van der Waals surface area (Å²) < 4.78 is 0. The molecule has 0 aliphatic rings. The topological polar surface area (TPSA) is 0 Å². The fourth-order valence-electron chi connectivity index (χ4n) is 3.88. The predicted molar refractivity (Wildman–Crippen MR) is 117 cm³/mol. The number of allylic oxidation sites excluding steroid dienone is 1. The lowest BCUT2D eigenvalue weighted by atomic mass is 9.86. The average Bonchev–Trinajstić information content (AvgIpc) is 2.62. The monoisotopic (exact) mass is 350 g/mol.